The second-order valence-corrected chi connectivity index (χ2v) is 4.91. The van der Waals surface area contributed by atoms with Crippen LogP contribution in [0.25, 0.3) is 11.1 Å². The number of rotatable bonds is 4. The zero-order valence-electron chi connectivity index (χ0n) is 11.8. The highest BCUT2D eigenvalue weighted by Crippen LogP contribution is 2.26. The Kier molecular flexibility index (Phi) is 4.03. The first kappa shape index (κ1) is 14.1. The summed E-state index contributed by atoms with van der Waals surface area (Å²) < 4.78 is 5.62. The fourth-order valence-corrected chi connectivity index (χ4v) is 2.02. The number of aromatic carboxylic acids is 1. The van der Waals surface area contributed by atoms with Crippen LogP contribution in [-0.4, -0.2) is 22.2 Å². The average molecular weight is 271 g/mol. The van der Waals surface area contributed by atoms with Crippen molar-refractivity contribution in [2.24, 2.45) is 0 Å². The molecule has 0 fully saturated rings. The number of ether oxygens (including phenoxy) is 1. The van der Waals surface area contributed by atoms with E-state index in [4.69, 9.17) is 9.84 Å². The van der Waals surface area contributed by atoms with Crippen molar-refractivity contribution >= 4 is 5.97 Å². The lowest BCUT2D eigenvalue weighted by molar-refractivity contribution is 0.0697. The van der Waals surface area contributed by atoms with Gasteiger partial charge in [-0.3, -0.25) is 4.98 Å². The first-order chi connectivity index (χ1) is 9.47. The lowest BCUT2D eigenvalue weighted by atomic mass is 9.99. The molecule has 0 aliphatic heterocycles. The van der Waals surface area contributed by atoms with Crippen LogP contribution in [0.15, 0.2) is 36.7 Å². The Balaban J connectivity index is 2.38. The fourth-order valence-electron chi connectivity index (χ4n) is 2.02. The molecule has 20 heavy (non-hydrogen) atoms. The SMILES string of the molecule is Cc1cc(C(=O)O)ccc1-c1cncc(OC(C)C)c1. The molecule has 0 bridgehead atoms. The van der Waals surface area contributed by atoms with E-state index in [2.05, 4.69) is 4.98 Å². The van der Waals surface area contributed by atoms with Crippen LogP contribution in [-0.2, 0) is 0 Å². The number of aryl methyl sites for hydroxylation is 1. The first-order valence-electron chi connectivity index (χ1n) is 6.43. The molecule has 1 aromatic heterocycles. The third kappa shape index (κ3) is 3.15. The molecular weight excluding hydrogens is 254 g/mol. The molecule has 0 spiro atoms. The number of carbonyl (C=O) groups is 1. The smallest absolute Gasteiger partial charge is 0.335 e. The highest BCUT2D eigenvalue weighted by Gasteiger charge is 2.09. The van der Waals surface area contributed by atoms with Crippen molar-refractivity contribution in [3.8, 4) is 16.9 Å². The van der Waals surface area contributed by atoms with Crippen LogP contribution in [0.5, 0.6) is 5.75 Å². The first-order valence-corrected chi connectivity index (χ1v) is 6.43. The molecule has 0 amide bonds. The van der Waals surface area contributed by atoms with Gasteiger partial charge in [-0.15, -0.1) is 0 Å². The summed E-state index contributed by atoms with van der Waals surface area (Å²) in [6.07, 6.45) is 3.50. The molecule has 1 heterocycles. The molecule has 4 nitrogen and oxygen atoms in total. The van der Waals surface area contributed by atoms with Crippen LogP contribution in [0.4, 0.5) is 0 Å². The van der Waals surface area contributed by atoms with E-state index in [-0.39, 0.29) is 11.7 Å². The van der Waals surface area contributed by atoms with Gasteiger partial charge in [-0.1, -0.05) is 6.07 Å². The molecule has 0 saturated carbocycles. The summed E-state index contributed by atoms with van der Waals surface area (Å²) in [7, 11) is 0. The van der Waals surface area contributed by atoms with Gasteiger partial charge in [0.05, 0.1) is 17.9 Å². The van der Waals surface area contributed by atoms with Gasteiger partial charge in [-0.05, 0) is 50.1 Å². The molecule has 2 rings (SSSR count). The van der Waals surface area contributed by atoms with Gasteiger partial charge >= 0.3 is 5.97 Å². The molecule has 0 atom stereocenters. The summed E-state index contributed by atoms with van der Waals surface area (Å²) in [5.74, 6) is -0.214. The number of hydrogen-bond donors (Lipinski definition) is 1. The Morgan fingerprint density at radius 3 is 2.60 bits per heavy atom. The molecule has 0 aliphatic rings. The van der Waals surface area contributed by atoms with Gasteiger partial charge in [0.2, 0.25) is 0 Å². The summed E-state index contributed by atoms with van der Waals surface area (Å²) in [5.41, 5.74) is 3.05. The van der Waals surface area contributed by atoms with E-state index < -0.39 is 5.97 Å². The molecule has 1 aromatic carbocycles. The van der Waals surface area contributed by atoms with Crippen molar-refractivity contribution in [2.45, 2.75) is 26.9 Å². The second kappa shape index (κ2) is 5.74. The second-order valence-electron chi connectivity index (χ2n) is 4.91. The van der Waals surface area contributed by atoms with Crippen molar-refractivity contribution in [3.05, 3.63) is 47.8 Å². The monoisotopic (exact) mass is 271 g/mol. The van der Waals surface area contributed by atoms with Crippen LogP contribution in [0.1, 0.15) is 29.8 Å². The van der Waals surface area contributed by atoms with Crippen molar-refractivity contribution in [3.63, 3.8) is 0 Å². The zero-order chi connectivity index (χ0) is 14.7. The van der Waals surface area contributed by atoms with Gasteiger partial charge < -0.3 is 9.84 Å². The van der Waals surface area contributed by atoms with Crippen molar-refractivity contribution in [2.75, 3.05) is 0 Å². The largest absolute Gasteiger partial charge is 0.489 e. The Hall–Kier alpha value is -2.36. The predicted octanol–water partition coefficient (Wildman–Crippen LogP) is 3.54. The van der Waals surface area contributed by atoms with Gasteiger partial charge in [0, 0.05) is 11.8 Å². The zero-order valence-corrected chi connectivity index (χ0v) is 11.8. The lowest BCUT2D eigenvalue weighted by Gasteiger charge is -2.11. The fraction of sp³-hybridized carbons (Fsp3) is 0.250. The number of nitrogens with zero attached hydrogens (tertiary/aromatic N) is 1. The summed E-state index contributed by atoms with van der Waals surface area (Å²) in [6.45, 7) is 5.80. The quantitative estimate of drug-likeness (QED) is 0.924. The maximum Gasteiger partial charge on any atom is 0.335 e. The normalized spacial score (nSPS) is 10.6. The minimum Gasteiger partial charge on any atom is -0.489 e. The summed E-state index contributed by atoms with van der Waals surface area (Å²) in [4.78, 5) is 15.1. The maximum atomic E-state index is 10.9. The van der Waals surface area contributed by atoms with Crippen molar-refractivity contribution in [1.29, 1.82) is 0 Å². The Bertz CT molecular complexity index is 635. The predicted molar refractivity (Wildman–Crippen MR) is 77.1 cm³/mol. The van der Waals surface area contributed by atoms with E-state index in [0.29, 0.717) is 5.75 Å². The van der Waals surface area contributed by atoms with Crippen LogP contribution < -0.4 is 4.74 Å². The molecule has 1 N–H and O–H groups in total. The van der Waals surface area contributed by atoms with Gasteiger partial charge in [0.1, 0.15) is 5.75 Å². The Morgan fingerprint density at radius 1 is 1.25 bits per heavy atom. The van der Waals surface area contributed by atoms with Crippen LogP contribution >= 0.6 is 0 Å². The van der Waals surface area contributed by atoms with E-state index in [1.165, 1.54) is 0 Å². The molecule has 0 unspecified atom stereocenters. The minimum atomic E-state index is -0.922. The number of benzene rings is 1. The number of pyridine rings is 1. The standard InChI is InChI=1S/C16H17NO3/c1-10(2)20-14-7-13(8-17-9-14)15-5-4-12(16(18)19)6-11(15)3/h4-10H,1-3H3,(H,18,19). The van der Waals surface area contributed by atoms with Gasteiger partial charge in [-0.2, -0.15) is 0 Å². The third-order valence-corrected chi connectivity index (χ3v) is 2.87. The van der Waals surface area contributed by atoms with E-state index >= 15 is 0 Å². The lowest BCUT2D eigenvalue weighted by Crippen LogP contribution is -2.05. The van der Waals surface area contributed by atoms with E-state index in [9.17, 15) is 4.79 Å². The maximum absolute atomic E-state index is 10.9. The van der Waals surface area contributed by atoms with Gasteiger partial charge in [0.25, 0.3) is 0 Å². The van der Waals surface area contributed by atoms with Gasteiger partial charge in [-0.25, -0.2) is 4.79 Å². The molecule has 0 radical (unpaired) electrons. The highest BCUT2D eigenvalue weighted by molar-refractivity contribution is 5.89. The van der Waals surface area contributed by atoms with Crippen molar-refractivity contribution < 1.29 is 14.6 Å². The Labute approximate surface area is 118 Å². The number of carboxylic acid groups (broad SMARTS) is 1. The van der Waals surface area contributed by atoms with Crippen molar-refractivity contribution in [1.82, 2.24) is 4.98 Å². The summed E-state index contributed by atoms with van der Waals surface area (Å²) >= 11 is 0. The summed E-state index contributed by atoms with van der Waals surface area (Å²) in [5, 5.41) is 8.98. The number of hydrogen-bond acceptors (Lipinski definition) is 3. The van der Waals surface area contributed by atoms with E-state index in [1.807, 2.05) is 26.8 Å². The van der Waals surface area contributed by atoms with Crippen LogP contribution in [0.2, 0.25) is 0 Å². The third-order valence-electron chi connectivity index (χ3n) is 2.87. The average Bonchev–Trinajstić information content (AvgIpc) is 2.38. The van der Waals surface area contributed by atoms with Crippen LogP contribution in [0, 0.1) is 6.92 Å². The molecule has 2 aromatic rings. The van der Waals surface area contributed by atoms with Gasteiger partial charge in [0.15, 0.2) is 0 Å². The van der Waals surface area contributed by atoms with Crippen LogP contribution in [0.3, 0.4) is 0 Å². The Morgan fingerprint density at radius 2 is 2.00 bits per heavy atom. The molecule has 104 valence electrons. The number of carboxylic acids is 1. The topological polar surface area (TPSA) is 59.4 Å². The molecular formula is C16H17NO3. The summed E-state index contributed by atoms with van der Waals surface area (Å²) in [6, 6.07) is 6.97. The molecule has 0 saturated heterocycles. The highest BCUT2D eigenvalue weighted by atomic mass is 16.5. The van der Waals surface area contributed by atoms with E-state index in [0.717, 1.165) is 16.7 Å². The minimum absolute atomic E-state index is 0.0857. The molecule has 4 heteroatoms. The molecule has 0 aliphatic carbocycles. The van der Waals surface area contributed by atoms with E-state index in [1.54, 1.807) is 30.6 Å². The number of aromatic nitrogens is 1.